The number of anilines is 1. The lowest BCUT2D eigenvalue weighted by Crippen LogP contribution is -2.17. The summed E-state index contributed by atoms with van der Waals surface area (Å²) in [7, 11) is 0. The summed E-state index contributed by atoms with van der Waals surface area (Å²) < 4.78 is 12.6. The van der Waals surface area contributed by atoms with E-state index in [1.807, 2.05) is 24.3 Å². The molecule has 0 unspecified atom stereocenters. The fourth-order valence-electron chi connectivity index (χ4n) is 2.49. The average molecular weight is 322 g/mol. The Morgan fingerprint density at radius 2 is 1.92 bits per heavy atom. The average Bonchev–Trinajstić information content (AvgIpc) is 3.16. The molecule has 2 heterocycles. The highest BCUT2D eigenvalue weighted by Crippen LogP contribution is 2.31. The number of para-hydroxylation sites is 2. The van der Waals surface area contributed by atoms with Crippen molar-refractivity contribution < 1.29 is 14.3 Å². The molecule has 0 atom stereocenters. The van der Waals surface area contributed by atoms with Crippen molar-refractivity contribution in [3.05, 3.63) is 60.7 Å². The van der Waals surface area contributed by atoms with Crippen LogP contribution in [0.15, 0.2) is 55.1 Å². The number of rotatable bonds is 3. The van der Waals surface area contributed by atoms with E-state index in [0.29, 0.717) is 36.0 Å². The van der Waals surface area contributed by atoms with Crippen LogP contribution in [0.4, 0.5) is 5.69 Å². The number of hydrogen-bond acceptors (Lipinski definition) is 5. The Bertz CT molecular complexity index is 877. The van der Waals surface area contributed by atoms with Crippen LogP contribution >= 0.6 is 0 Å². The van der Waals surface area contributed by atoms with E-state index in [-0.39, 0.29) is 5.91 Å². The Kier molecular flexibility index (Phi) is 3.59. The first kappa shape index (κ1) is 14.3. The third-order valence-electron chi connectivity index (χ3n) is 3.62. The second kappa shape index (κ2) is 6.04. The fourth-order valence-corrected chi connectivity index (χ4v) is 2.49. The number of benzene rings is 2. The molecule has 7 heteroatoms. The normalized spacial score (nSPS) is 12.7. The summed E-state index contributed by atoms with van der Waals surface area (Å²) in [5, 5.41) is 7.00. The molecule has 24 heavy (non-hydrogen) atoms. The van der Waals surface area contributed by atoms with Crippen molar-refractivity contribution in [2.24, 2.45) is 0 Å². The Balaban J connectivity index is 1.61. The number of carbonyl (C=O) groups is 1. The molecule has 0 spiro atoms. The summed E-state index contributed by atoms with van der Waals surface area (Å²) in [6.07, 6.45) is 3.02. The SMILES string of the molecule is O=C(Nc1ccccc1-n1cncn1)c1ccc2c(c1)OCCO2. The first-order valence-electron chi connectivity index (χ1n) is 7.46. The van der Waals surface area contributed by atoms with E-state index in [2.05, 4.69) is 15.4 Å². The van der Waals surface area contributed by atoms with Gasteiger partial charge in [-0.1, -0.05) is 12.1 Å². The summed E-state index contributed by atoms with van der Waals surface area (Å²) in [4.78, 5) is 16.5. The van der Waals surface area contributed by atoms with Crippen LogP contribution in [0, 0.1) is 0 Å². The van der Waals surface area contributed by atoms with Gasteiger partial charge in [-0.15, -0.1) is 0 Å². The molecule has 0 saturated heterocycles. The molecule has 7 nitrogen and oxygen atoms in total. The highest BCUT2D eigenvalue weighted by molar-refractivity contribution is 6.05. The molecule has 0 radical (unpaired) electrons. The van der Waals surface area contributed by atoms with E-state index < -0.39 is 0 Å². The number of amides is 1. The van der Waals surface area contributed by atoms with Crippen LogP contribution in [0.1, 0.15) is 10.4 Å². The molecule has 1 aliphatic rings. The molecule has 1 N–H and O–H groups in total. The van der Waals surface area contributed by atoms with Gasteiger partial charge in [0.25, 0.3) is 5.91 Å². The van der Waals surface area contributed by atoms with Crippen LogP contribution in [-0.2, 0) is 0 Å². The standard InChI is InChI=1S/C17H14N4O3/c22-17(12-5-6-15-16(9-12)24-8-7-23-15)20-13-3-1-2-4-14(13)21-11-18-10-19-21/h1-6,9-11H,7-8H2,(H,20,22). The number of nitrogens with one attached hydrogen (secondary N) is 1. The van der Waals surface area contributed by atoms with Gasteiger partial charge in [-0.05, 0) is 30.3 Å². The van der Waals surface area contributed by atoms with Crippen molar-refractivity contribution >= 4 is 11.6 Å². The maximum absolute atomic E-state index is 12.6. The van der Waals surface area contributed by atoms with Crippen molar-refractivity contribution in [2.45, 2.75) is 0 Å². The summed E-state index contributed by atoms with van der Waals surface area (Å²) in [6.45, 7) is 0.997. The topological polar surface area (TPSA) is 78.3 Å². The van der Waals surface area contributed by atoms with E-state index in [9.17, 15) is 4.79 Å². The molecule has 4 rings (SSSR count). The van der Waals surface area contributed by atoms with Gasteiger partial charge in [-0.25, -0.2) is 9.67 Å². The lowest BCUT2D eigenvalue weighted by Gasteiger charge is -2.18. The predicted octanol–water partition coefficient (Wildman–Crippen LogP) is 2.29. The zero-order valence-corrected chi connectivity index (χ0v) is 12.7. The Morgan fingerprint density at radius 3 is 2.75 bits per heavy atom. The van der Waals surface area contributed by atoms with Gasteiger partial charge in [0.05, 0.1) is 11.4 Å². The third-order valence-corrected chi connectivity index (χ3v) is 3.62. The quantitative estimate of drug-likeness (QED) is 0.800. The van der Waals surface area contributed by atoms with Crippen LogP contribution in [-0.4, -0.2) is 33.9 Å². The predicted molar refractivity (Wildman–Crippen MR) is 86.7 cm³/mol. The number of aromatic nitrogens is 3. The monoisotopic (exact) mass is 322 g/mol. The van der Waals surface area contributed by atoms with Gasteiger partial charge in [0, 0.05) is 5.56 Å². The van der Waals surface area contributed by atoms with E-state index in [1.54, 1.807) is 29.2 Å². The second-order valence-corrected chi connectivity index (χ2v) is 5.17. The zero-order valence-electron chi connectivity index (χ0n) is 12.7. The first-order valence-corrected chi connectivity index (χ1v) is 7.46. The van der Waals surface area contributed by atoms with Crippen LogP contribution in [0.3, 0.4) is 0 Å². The van der Waals surface area contributed by atoms with E-state index >= 15 is 0 Å². The van der Waals surface area contributed by atoms with Crippen LogP contribution < -0.4 is 14.8 Å². The van der Waals surface area contributed by atoms with Gasteiger partial charge in [-0.2, -0.15) is 5.10 Å². The number of ether oxygens (including phenoxy) is 2. The van der Waals surface area contributed by atoms with Crippen molar-refractivity contribution in [1.82, 2.24) is 14.8 Å². The molecule has 2 aromatic carbocycles. The molecular weight excluding hydrogens is 308 g/mol. The zero-order chi connectivity index (χ0) is 16.4. The lowest BCUT2D eigenvalue weighted by molar-refractivity contribution is 0.102. The van der Waals surface area contributed by atoms with Crippen molar-refractivity contribution in [1.29, 1.82) is 0 Å². The smallest absolute Gasteiger partial charge is 0.255 e. The number of nitrogens with zero attached hydrogens (tertiary/aromatic N) is 3. The third kappa shape index (κ3) is 2.67. The highest BCUT2D eigenvalue weighted by Gasteiger charge is 2.16. The van der Waals surface area contributed by atoms with Crippen molar-refractivity contribution in [3.8, 4) is 17.2 Å². The minimum Gasteiger partial charge on any atom is -0.486 e. The van der Waals surface area contributed by atoms with E-state index in [1.165, 1.54) is 6.33 Å². The maximum Gasteiger partial charge on any atom is 0.255 e. The van der Waals surface area contributed by atoms with Crippen LogP contribution in [0.5, 0.6) is 11.5 Å². The van der Waals surface area contributed by atoms with E-state index in [4.69, 9.17) is 9.47 Å². The Hall–Kier alpha value is -3.35. The van der Waals surface area contributed by atoms with Gasteiger partial charge in [0.15, 0.2) is 11.5 Å². The van der Waals surface area contributed by atoms with Gasteiger partial charge in [0.1, 0.15) is 25.9 Å². The second-order valence-electron chi connectivity index (χ2n) is 5.17. The Morgan fingerprint density at radius 1 is 1.08 bits per heavy atom. The van der Waals surface area contributed by atoms with Crippen LogP contribution in [0.2, 0.25) is 0 Å². The molecule has 0 aliphatic carbocycles. The van der Waals surface area contributed by atoms with Gasteiger partial charge >= 0.3 is 0 Å². The minimum absolute atomic E-state index is 0.237. The maximum atomic E-state index is 12.6. The molecule has 3 aromatic rings. The van der Waals surface area contributed by atoms with Crippen molar-refractivity contribution in [2.75, 3.05) is 18.5 Å². The molecular formula is C17H14N4O3. The van der Waals surface area contributed by atoms with Crippen LogP contribution in [0.25, 0.3) is 5.69 Å². The van der Waals surface area contributed by atoms with Gasteiger partial charge in [-0.3, -0.25) is 4.79 Å². The summed E-state index contributed by atoms with van der Waals surface area (Å²) in [6, 6.07) is 12.5. The number of fused-ring (bicyclic) bond motifs is 1. The largest absolute Gasteiger partial charge is 0.486 e. The first-order chi connectivity index (χ1) is 11.8. The number of hydrogen-bond donors (Lipinski definition) is 1. The molecule has 0 fully saturated rings. The molecule has 0 bridgehead atoms. The Labute approximate surface area is 137 Å². The summed E-state index contributed by atoms with van der Waals surface area (Å²) in [5.41, 5.74) is 1.87. The van der Waals surface area contributed by atoms with E-state index in [0.717, 1.165) is 5.69 Å². The molecule has 1 aliphatic heterocycles. The summed E-state index contributed by atoms with van der Waals surface area (Å²) in [5.74, 6) is 0.999. The highest BCUT2D eigenvalue weighted by atomic mass is 16.6. The van der Waals surface area contributed by atoms with Gasteiger partial charge in [0.2, 0.25) is 0 Å². The lowest BCUT2D eigenvalue weighted by atomic mass is 10.1. The molecule has 1 amide bonds. The molecule has 0 saturated carbocycles. The minimum atomic E-state index is -0.237. The van der Waals surface area contributed by atoms with Gasteiger partial charge < -0.3 is 14.8 Å². The fraction of sp³-hybridized carbons (Fsp3) is 0.118. The summed E-state index contributed by atoms with van der Waals surface area (Å²) >= 11 is 0. The van der Waals surface area contributed by atoms with Crippen molar-refractivity contribution in [3.63, 3.8) is 0 Å². The molecule has 1 aromatic heterocycles. The molecule has 120 valence electrons. The number of carbonyl (C=O) groups excluding carboxylic acids is 1.